The summed E-state index contributed by atoms with van der Waals surface area (Å²) in [4.78, 5) is 19.1. The second kappa shape index (κ2) is 9.11. The number of morpholine rings is 1. The van der Waals surface area contributed by atoms with Crippen molar-refractivity contribution in [3.63, 3.8) is 0 Å². The summed E-state index contributed by atoms with van der Waals surface area (Å²) in [7, 11) is 1.47. The molecule has 1 aromatic carbocycles. The van der Waals surface area contributed by atoms with Crippen LogP contribution in [0.1, 0.15) is 17.3 Å². The molecule has 142 valence electrons. The largest absolute Gasteiger partial charge is 0.504 e. The molecule has 0 radical (unpaired) electrons. The predicted octanol–water partition coefficient (Wildman–Crippen LogP) is 1.32. The number of ether oxygens (including phenoxy) is 2. The molecule has 0 saturated carbocycles. The molecule has 0 bridgehead atoms. The molecule has 1 atom stereocenters. The first-order valence-electron chi connectivity index (χ1n) is 8.62. The third-order valence-corrected chi connectivity index (χ3v) is 4.26. The van der Waals surface area contributed by atoms with Crippen LogP contribution >= 0.6 is 0 Å². The van der Waals surface area contributed by atoms with Crippen LogP contribution in [-0.4, -0.2) is 60.5 Å². The summed E-state index contributed by atoms with van der Waals surface area (Å²) in [5.41, 5.74) is 3.64. The van der Waals surface area contributed by atoms with E-state index in [0.717, 1.165) is 0 Å². The van der Waals surface area contributed by atoms with E-state index in [9.17, 15) is 9.90 Å². The molecule has 3 rings (SSSR count). The Balaban J connectivity index is 1.75. The van der Waals surface area contributed by atoms with Gasteiger partial charge < -0.3 is 14.6 Å². The fourth-order valence-electron chi connectivity index (χ4n) is 2.90. The number of aromatic nitrogens is 1. The van der Waals surface area contributed by atoms with Gasteiger partial charge in [-0.2, -0.15) is 5.10 Å². The highest BCUT2D eigenvalue weighted by Crippen LogP contribution is 2.28. The third kappa shape index (κ3) is 4.60. The van der Waals surface area contributed by atoms with Crippen LogP contribution in [-0.2, 0) is 9.53 Å². The topological polar surface area (TPSA) is 96.3 Å². The molecule has 1 amide bonds. The molecule has 1 aliphatic rings. The number of para-hydroxylation sites is 1. The molecule has 1 fully saturated rings. The van der Waals surface area contributed by atoms with Crippen molar-refractivity contribution >= 4 is 12.1 Å². The average molecular weight is 370 g/mol. The number of hydrogen-bond acceptors (Lipinski definition) is 7. The number of pyridine rings is 1. The van der Waals surface area contributed by atoms with Gasteiger partial charge in [0.2, 0.25) is 0 Å². The smallest absolute Gasteiger partial charge is 0.263 e. The Morgan fingerprint density at radius 2 is 2.15 bits per heavy atom. The second-order valence-corrected chi connectivity index (χ2v) is 5.94. The summed E-state index contributed by atoms with van der Waals surface area (Å²) < 4.78 is 10.4. The molecular formula is C19H22N4O4. The van der Waals surface area contributed by atoms with Crippen LogP contribution in [0.25, 0.3) is 0 Å². The van der Waals surface area contributed by atoms with Crippen molar-refractivity contribution in [1.82, 2.24) is 15.3 Å². The monoisotopic (exact) mass is 370 g/mol. The van der Waals surface area contributed by atoms with Gasteiger partial charge in [0.15, 0.2) is 11.5 Å². The number of methoxy groups -OCH3 is 1. The molecule has 2 aromatic rings. The van der Waals surface area contributed by atoms with Crippen molar-refractivity contribution in [3.05, 3.63) is 53.9 Å². The molecule has 1 saturated heterocycles. The molecule has 27 heavy (non-hydrogen) atoms. The van der Waals surface area contributed by atoms with E-state index in [2.05, 4.69) is 15.5 Å². The van der Waals surface area contributed by atoms with Gasteiger partial charge in [-0.1, -0.05) is 12.1 Å². The molecule has 1 aromatic heterocycles. The number of carbonyl (C=O) groups excluding carboxylic acids is 1. The van der Waals surface area contributed by atoms with Gasteiger partial charge in [0.1, 0.15) is 6.04 Å². The molecule has 2 N–H and O–H groups in total. The van der Waals surface area contributed by atoms with E-state index < -0.39 is 6.04 Å². The minimum atomic E-state index is -0.564. The molecule has 1 unspecified atom stereocenters. The Hall–Kier alpha value is -2.97. The summed E-state index contributed by atoms with van der Waals surface area (Å²) in [6, 6.07) is 9.95. The number of phenols is 1. The summed E-state index contributed by atoms with van der Waals surface area (Å²) in [5.74, 6) is 0.00615. The van der Waals surface area contributed by atoms with Crippen LogP contribution in [0, 0.1) is 0 Å². The molecule has 0 aliphatic carbocycles. The maximum absolute atomic E-state index is 12.8. The first-order chi connectivity index (χ1) is 13.2. The van der Waals surface area contributed by atoms with Crippen LogP contribution in [0.3, 0.4) is 0 Å². The standard InChI is InChI=1S/C19H22N4O4/c1-26-16-7-4-5-14(18(16)24)13-21-22-19(25)17(15-6-2-3-8-20-15)23-9-11-27-12-10-23/h2-8,13,17,24H,9-12H2,1H3,(H,22,25)/b21-13+. The molecule has 8 heteroatoms. The van der Waals surface area contributed by atoms with Gasteiger partial charge >= 0.3 is 0 Å². The van der Waals surface area contributed by atoms with Crippen LogP contribution in [0.4, 0.5) is 0 Å². The third-order valence-electron chi connectivity index (χ3n) is 4.26. The lowest BCUT2D eigenvalue weighted by atomic mass is 10.1. The Morgan fingerprint density at radius 3 is 2.85 bits per heavy atom. The number of carbonyl (C=O) groups is 1. The average Bonchev–Trinajstić information content (AvgIpc) is 2.71. The van der Waals surface area contributed by atoms with E-state index in [1.165, 1.54) is 13.3 Å². The molecule has 1 aliphatic heterocycles. The Bertz CT molecular complexity index is 792. The van der Waals surface area contributed by atoms with E-state index >= 15 is 0 Å². The van der Waals surface area contributed by atoms with Crippen molar-refractivity contribution < 1.29 is 19.4 Å². The van der Waals surface area contributed by atoms with Crippen molar-refractivity contribution in [2.75, 3.05) is 33.4 Å². The van der Waals surface area contributed by atoms with Gasteiger partial charge in [0.05, 0.1) is 32.2 Å². The van der Waals surface area contributed by atoms with Crippen molar-refractivity contribution in [3.8, 4) is 11.5 Å². The number of benzene rings is 1. The summed E-state index contributed by atoms with van der Waals surface area (Å²) >= 11 is 0. The fraction of sp³-hybridized carbons (Fsp3) is 0.316. The van der Waals surface area contributed by atoms with E-state index in [1.807, 2.05) is 23.1 Å². The lowest BCUT2D eigenvalue weighted by Gasteiger charge is -2.32. The van der Waals surface area contributed by atoms with Gasteiger partial charge in [-0.15, -0.1) is 0 Å². The van der Waals surface area contributed by atoms with Crippen LogP contribution in [0.2, 0.25) is 0 Å². The maximum atomic E-state index is 12.8. The maximum Gasteiger partial charge on any atom is 0.263 e. The normalized spacial score (nSPS) is 16.2. The lowest BCUT2D eigenvalue weighted by Crippen LogP contribution is -2.45. The summed E-state index contributed by atoms with van der Waals surface area (Å²) in [6.07, 6.45) is 3.04. The Morgan fingerprint density at radius 1 is 1.33 bits per heavy atom. The number of aromatic hydroxyl groups is 1. The molecule has 8 nitrogen and oxygen atoms in total. The zero-order valence-electron chi connectivity index (χ0n) is 15.0. The number of nitrogens with zero attached hydrogens (tertiary/aromatic N) is 3. The molecule has 2 heterocycles. The van der Waals surface area contributed by atoms with Crippen LogP contribution in [0.15, 0.2) is 47.7 Å². The molecular weight excluding hydrogens is 348 g/mol. The lowest BCUT2D eigenvalue weighted by molar-refractivity contribution is -0.128. The van der Waals surface area contributed by atoms with E-state index in [0.29, 0.717) is 43.3 Å². The number of phenolic OH excluding ortho intramolecular Hbond substituents is 1. The highest BCUT2D eigenvalue weighted by atomic mass is 16.5. The van der Waals surface area contributed by atoms with Gasteiger partial charge in [-0.05, 0) is 24.3 Å². The minimum Gasteiger partial charge on any atom is -0.504 e. The summed E-state index contributed by atoms with van der Waals surface area (Å²) in [5, 5.41) is 14.1. The number of amides is 1. The fourth-order valence-corrected chi connectivity index (χ4v) is 2.90. The van der Waals surface area contributed by atoms with E-state index in [4.69, 9.17) is 9.47 Å². The quantitative estimate of drug-likeness (QED) is 0.588. The second-order valence-electron chi connectivity index (χ2n) is 5.94. The SMILES string of the molecule is COc1cccc(/C=N/NC(=O)C(c2ccccn2)N2CCOCC2)c1O. The zero-order valence-corrected chi connectivity index (χ0v) is 15.0. The number of rotatable bonds is 6. The van der Waals surface area contributed by atoms with Gasteiger partial charge in [0.25, 0.3) is 5.91 Å². The minimum absolute atomic E-state index is 0.0348. The highest BCUT2D eigenvalue weighted by Gasteiger charge is 2.30. The first kappa shape index (κ1) is 18.8. The Labute approximate surface area is 157 Å². The van der Waals surface area contributed by atoms with E-state index in [1.54, 1.807) is 24.4 Å². The van der Waals surface area contributed by atoms with Crippen molar-refractivity contribution in [2.45, 2.75) is 6.04 Å². The highest BCUT2D eigenvalue weighted by molar-refractivity contribution is 5.87. The van der Waals surface area contributed by atoms with Crippen molar-refractivity contribution in [2.24, 2.45) is 5.10 Å². The van der Waals surface area contributed by atoms with Gasteiger partial charge in [-0.3, -0.25) is 14.7 Å². The predicted molar refractivity (Wildman–Crippen MR) is 99.8 cm³/mol. The summed E-state index contributed by atoms with van der Waals surface area (Å²) in [6.45, 7) is 2.40. The van der Waals surface area contributed by atoms with Crippen LogP contribution < -0.4 is 10.2 Å². The first-order valence-corrected chi connectivity index (χ1v) is 8.62. The zero-order chi connectivity index (χ0) is 19.1. The number of hydrogen-bond donors (Lipinski definition) is 2. The number of nitrogens with one attached hydrogen (secondary N) is 1. The van der Waals surface area contributed by atoms with Crippen LogP contribution in [0.5, 0.6) is 11.5 Å². The van der Waals surface area contributed by atoms with Gasteiger partial charge in [0, 0.05) is 24.8 Å². The van der Waals surface area contributed by atoms with Gasteiger partial charge in [-0.25, -0.2) is 5.43 Å². The number of hydrazone groups is 1. The molecule has 0 spiro atoms. The van der Waals surface area contributed by atoms with E-state index in [-0.39, 0.29) is 11.7 Å². The Kier molecular flexibility index (Phi) is 6.35. The van der Waals surface area contributed by atoms with Crippen molar-refractivity contribution in [1.29, 1.82) is 0 Å².